The fourth-order valence-electron chi connectivity index (χ4n) is 4.39. The first kappa shape index (κ1) is 20.7. The average Bonchev–Trinajstić information content (AvgIpc) is 3.41. The average molecular weight is 387 g/mol. The summed E-state index contributed by atoms with van der Waals surface area (Å²) in [6.45, 7) is 9.41. The van der Waals surface area contributed by atoms with Crippen molar-refractivity contribution >= 4 is 12.0 Å². The molecule has 0 radical (unpaired) electrons. The van der Waals surface area contributed by atoms with Crippen LogP contribution in [0.3, 0.4) is 0 Å². The SMILES string of the molecule is CC[C@@]1(N(CC(=O)N2CCCCC2)C(=O)OC(C)(C)C)C[C@H]1c1ccccc1. The molecule has 0 unspecified atom stereocenters. The van der Waals surface area contributed by atoms with Crippen LogP contribution in [-0.4, -0.2) is 52.6 Å². The molecule has 1 aliphatic carbocycles. The molecule has 3 rings (SSSR count). The Balaban J connectivity index is 1.83. The lowest BCUT2D eigenvalue weighted by Crippen LogP contribution is -2.51. The van der Waals surface area contributed by atoms with E-state index in [1.54, 1.807) is 4.90 Å². The largest absolute Gasteiger partial charge is 0.444 e. The summed E-state index contributed by atoms with van der Waals surface area (Å²) in [4.78, 5) is 29.8. The molecular formula is C23H34N2O3. The number of hydrogen-bond donors (Lipinski definition) is 0. The zero-order valence-corrected chi connectivity index (χ0v) is 17.7. The number of likely N-dealkylation sites (tertiary alicyclic amines) is 1. The van der Waals surface area contributed by atoms with Crippen molar-refractivity contribution in [3.63, 3.8) is 0 Å². The molecule has 0 N–H and O–H groups in total. The first-order valence-corrected chi connectivity index (χ1v) is 10.6. The van der Waals surface area contributed by atoms with E-state index in [9.17, 15) is 9.59 Å². The smallest absolute Gasteiger partial charge is 0.411 e. The Hall–Kier alpha value is -2.04. The molecule has 2 atom stereocenters. The van der Waals surface area contributed by atoms with Crippen LogP contribution in [0, 0.1) is 0 Å². The van der Waals surface area contributed by atoms with Gasteiger partial charge in [-0.05, 0) is 58.4 Å². The zero-order valence-electron chi connectivity index (χ0n) is 17.7. The highest BCUT2D eigenvalue weighted by atomic mass is 16.6. The molecule has 154 valence electrons. The van der Waals surface area contributed by atoms with E-state index >= 15 is 0 Å². The highest BCUT2D eigenvalue weighted by molar-refractivity contribution is 5.83. The van der Waals surface area contributed by atoms with Gasteiger partial charge in [-0.3, -0.25) is 9.69 Å². The first-order valence-electron chi connectivity index (χ1n) is 10.6. The van der Waals surface area contributed by atoms with E-state index in [0.717, 1.165) is 38.8 Å². The topological polar surface area (TPSA) is 49.9 Å². The molecule has 1 heterocycles. The maximum atomic E-state index is 13.1. The minimum absolute atomic E-state index is 0.0390. The van der Waals surface area contributed by atoms with Gasteiger partial charge in [0.15, 0.2) is 0 Å². The van der Waals surface area contributed by atoms with E-state index < -0.39 is 5.60 Å². The Morgan fingerprint density at radius 2 is 1.79 bits per heavy atom. The molecular weight excluding hydrogens is 352 g/mol. The highest BCUT2D eigenvalue weighted by Gasteiger charge is 2.60. The maximum absolute atomic E-state index is 13.1. The number of rotatable bonds is 5. The quantitative estimate of drug-likeness (QED) is 0.745. The van der Waals surface area contributed by atoms with E-state index in [0.29, 0.717) is 0 Å². The third-order valence-electron chi connectivity index (χ3n) is 6.01. The summed E-state index contributed by atoms with van der Waals surface area (Å²) < 4.78 is 5.72. The summed E-state index contributed by atoms with van der Waals surface area (Å²) in [5.41, 5.74) is 0.299. The summed E-state index contributed by atoms with van der Waals surface area (Å²) >= 11 is 0. The van der Waals surface area contributed by atoms with Crippen LogP contribution in [0.25, 0.3) is 0 Å². The van der Waals surface area contributed by atoms with Crippen LogP contribution < -0.4 is 0 Å². The number of benzene rings is 1. The molecule has 1 aromatic rings. The van der Waals surface area contributed by atoms with Gasteiger partial charge in [0.05, 0.1) is 5.54 Å². The number of nitrogens with zero attached hydrogens (tertiary/aromatic N) is 2. The standard InChI is InChI=1S/C23H34N2O3/c1-5-23(16-19(23)18-12-8-6-9-13-18)25(21(27)28-22(2,3)4)17-20(26)24-14-10-7-11-15-24/h6,8-9,12-13,19H,5,7,10-11,14-17H2,1-4H3/t19-,23+/m0/s1. The van der Waals surface area contributed by atoms with Gasteiger partial charge >= 0.3 is 6.09 Å². The molecule has 2 aliphatic rings. The lowest BCUT2D eigenvalue weighted by molar-refractivity contribution is -0.134. The molecule has 0 spiro atoms. The lowest BCUT2D eigenvalue weighted by atomic mass is 10.0. The molecule has 2 fully saturated rings. The Labute approximate surface area is 169 Å². The summed E-state index contributed by atoms with van der Waals surface area (Å²) in [5.74, 6) is 0.289. The molecule has 28 heavy (non-hydrogen) atoms. The van der Waals surface area contributed by atoms with Gasteiger partial charge < -0.3 is 9.64 Å². The number of ether oxygens (including phenoxy) is 1. The van der Waals surface area contributed by atoms with Crippen molar-refractivity contribution < 1.29 is 14.3 Å². The van der Waals surface area contributed by atoms with Crippen LogP contribution in [0.15, 0.2) is 30.3 Å². The van der Waals surface area contributed by atoms with Crippen LogP contribution in [0.1, 0.15) is 71.3 Å². The third-order valence-corrected chi connectivity index (χ3v) is 6.01. The number of hydrogen-bond acceptors (Lipinski definition) is 3. The van der Waals surface area contributed by atoms with Gasteiger partial charge in [0.25, 0.3) is 0 Å². The van der Waals surface area contributed by atoms with Gasteiger partial charge in [0.2, 0.25) is 5.91 Å². The fraction of sp³-hybridized carbons (Fsp3) is 0.652. The minimum Gasteiger partial charge on any atom is -0.444 e. The predicted molar refractivity (Wildman–Crippen MR) is 110 cm³/mol. The van der Waals surface area contributed by atoms with E-state index in [-0.39, 0.29) is 30.0 Å². The van der Waals surface area contributed by atoms with E-state index in [2.05, 4.69) is 19.1 Å². The summed E-state index contributed by atoms with van der Waals surface area (Å²) in [6.07, 6.45) is 4.57. The van der Waals surface area contributed by atoms with Crippen molar-refractivity contribution in [2.45, 2.75) is 76.9 Å². The van der Waals surface area contributed by atoms with E-state index in [1.165, 1.54) is 12.0 Å². The third kappa shape index (κ3) is 4.50. The number of carbonyl (C=O) groups is 2. The van der Waals surface area contributed by atoms with Crippen LogP contribution in [-0.2, 0) is 9.53 Å². The Bertz CT molecular complexity index is 692. The van der Waals surface area contributed by atoms with Crippen molar-refractivity contribution in [2.75, 3.05) is 19.6 Å². The Morgan fingerprint density at radius 3 is 2.36 bits per heavy atom. The van der Waals surface area contributed by atoms with Crippen molar-refractivity contribution in [2.24, 2.45) is 0 Å². The van der Waals surface area contributed by atoms with Gasteiger partial charge in [-0.15, -0.1) is 0 Å². The summed E-state index contributed by atoms with van der Waals surface area (Å²) in [5, 5.41) is 0. The second-order valence-electron chi connectivity index (χ2n) is 9.13. The molecule has 0 bridgehead atoms. The van der Waals surface area contributed by atoms with Gasteiger partial charge in [-0.2, -0.15) is 0 Å². The Kier molecular flexibility index (Phi) is 6.01. The van der Waals surface area contributed by atoms with Gasteiger partial charge in [-0.25, -0.2) is 4.79 Å². The van der Waals surface area contributed by atoms with Crippen molar-refractivity contribution in [1.29, 1.82) is 0 Å². The first-order chi connectivity index (χ1) is 13.3. The van der Waals surface area contributed by atoms with Crippen LogP contribution in [0.5, 0.6) is 0 Å². The molecule has 1 aromatic carbocycles. The maximum Gasteiger partial charge on any atom is 0.411 e. The normalized spacial score (nSPS) is 24.6. The molecule has 5 heteroatoms. The van der Waals surface area contributed by atoms with Crippen molar-refractivity contribution in [3.05, 3.63) is 35.9 Å². The van der Waals surface area contributed by atoms with Crippen molar-refractivity contribution in [1.82, 2.24) is 9.80 Å². The number of amides is 2. The summed E-state index contributed by atoms with van der Waals surface area (Å²) in [6, 6.07) is 10.3. The van der Waals surface area contributed by atoms with Crippen molar-refractivity contribution in [3.8, 4) is 0 Å². The van der Waals surface area contributed by atoms with Gasteiger partial charge in [0, 0.05) is 19.0 Å². The fourth-order valence-corrected chi connectivity index (χ4v) is 4.39. The second kappa shape index (κ2) is 8.14. The minimum atomic E-state index is -0.588. The van der Waals surface area contributed by atoms with E-state index in [4.69, 9.17) is 4.74 Å². The van der Waals surface area contributed by atoms with E-state index in [1.807, 2.05) is 43.9 Å². The monoisotopic (exact) mass is 386 g/mol. The molecule has 0 aromatic heterocycles. The van der Waals surface area contributed by atoms with Crippen LogP contribution in [0.2, 0.25) is 0 Å². The molecule has 1 saturated heterocycles. The number of carbonyl (C=O) groups excluding carboxylic acids is 2. The van der Waals surface area contributed by atoms with Gasteiger partial charge in [0.1, 0.15) is 12.1 Å². The van der Waals surface area contributed by atoms with Gasteiger partial charge in [-0.1, -0.05) is 37.3 Å². The molecule has 2 amide bonds. The number of piperidine rings is 1. The summed E-state index contributed by atoms with van der Waals surface area (Å²) in [7, 11) is 0. The Morgan fingerprint density at radius 1 is 1.14 bits per heavy atom. The van der Waals surface area contributed by atoms with Crippen LogP contribution in [0.4, 0.5) is 4.79 Å². The highest BCUT2D eigenvalue weighted by Crippen LogP contribution is 2.57. The zero-order chi connectivity index (χ0) is 20.4. The molecule has 5 nitrogen and oxygen atoms in total. The van der Waals surface area contributed by atoms with Crippen LogP contribution >= 0.6 is 0 Å². The lowest BCUT2D eigenvalue weighted by Gasteiger charge is -2.36. The second-order valence-corrected chi connectivity index (χ2v) is 9.13. The molecule has 1 aliphatic heterocycles. The predicted octanol–water partition coefficient (Wildman–Crippen LogP) is 4.57. The molecule has 1 saturated carbocycles.